The number of hydrogen-bond donors (Lipinski definition) is 0. The molecule has 0 aromatic heterocycles. The molecule has 0 unspecified atom stereocenters. The summed E-state index contributed by atoms with van der Waals surface area (Å²) in [6.45, 7) is 1.93. The molecule has 0 amide bonds. The summed E-state index contributed by atoms with van der Waals surface area (Å²) in [6.07, 6.45) is 3.40. The van der Waals surface area contributed by atoms with Crippen LogP contribution in [0.1, 0.15) is 17.3 Å². The first-order valence-corrected chi connectivity index (χ1v) is 8.13. The zero-order chi connectivity index (χ0) is 19.4. The van der Waals surface area contributed by atoms with E-state index in [0.717, 1.165) is 12.1 Å². The molecule has 0 bridgehead atoms. The fourth-order valence-corrected chi connectivity index (χ4v) is 2.51. The van der Waals surface area contributed by atoms with Gasteiger partial charge in [-0.3, -0.25) is 0 Å². The van der Waals surface area contributed by atoms with Crippen molar-refractivity contribution in [3.63, 3.8) is 0 Å². The van der Waals surface area contributed by atoms with Crippen LogP contribution in [0.5, 0.6) is 11.5 Å². The van der Waals surface area contributed by atoms with Crippen LogP contribution in [0.4, 0.5) is 13.2 Å². The van der Waals surface area contributed by atoms with Gasteiger partial charge in [-0.25, -0.2) is 18.0 Å². The van der Waals surface area contributed by atoms with E-state index in [9.17, 15) is 18.0 Å². The zero-order valence-electron chi connectivity index (χ0n) is 14.3. The molecule has 27 heavy (non-hydrogen) atoms. The molecule has 0 heterocycles. The van der Waals surface area contributed by atoms with Gasteiger partial charge in [0.2, 0.25) is 0 Å². The smallest absolute Gasteiger partial charge is 0.349 e. The number of hydrogen-bond acceptors (Lipinski definition) is 3. The van der Waals surface area contributed by atoms with Gasteiger partial charge in [0.25, 0.3) is 0 Å². The van der Waals surface area contributed by atoms with Gasteiger partial charge in [-0.05, 0) is 36.6 Å². The summed E-state index contributed by atoms with van der Waals surface area (Å²) < 4.78 is 52.3. The summed E-state index contributed by atoms with van der Waals surface area (Å²) in [6, 6.07) is 10.5. The molecule has 0 aliphatic carbocycles. The molecule has 6 heteroatoms. The van der Waals surface area contributed by atoms with E-state index in [1.807, 2.05) is 0 Å². The summed E-state index contributed by atoms with van der Waals surface area (Å²) in [7, 11) is 0. The lowest BCUT2D eigenvalue weighted by atomic mass is 10.1. The van der Waals surface area contributed by atoms with Gasteiger partial charge in [-0.1, -0.05) is 24.3 Å². The molecule has 138 valence electrons. The van der Waals surface area contributed by atoms with E-state index in [1.165, 1.54) is 30.3 Å². The highest BCUT2D eigenvalue weighted by atomic mass is 19.1. The monoisotopic (exact) mass is 372 g/mol. The lowest BCUT2D eigenvalue weighted by molar-refractivity contribution is 0.0724. The molecule has 3 nitrogen and oxygen atoms in total. The van der Waals surface area contributed by atoms with Crippen LogP contribution in [0.25, 0.3) is 10.8 Å². The summed E-state index contributed by atoms with van der Waals surface area (Å²) in [5.41, 5.74) is -0.826. The van der Waals surface area contributed by atoms with Crippen molar-refractivity contribution in [1.29, 1.82) is 0 Å². The second-order valence-corrected chi connectivity index (χ2v) is 5.65. The maximum Gasteiger partial charge on any atom is 0.349 e. The fraction of sp³-hybridized carbons (Fsp3) is 0.0952. The van der Waals surface area contributed by atoms with Crippen LogP contribution in [0.3, 0.4) is 0 Å². The molecule has 0 fully saturated rings. The van der Waals surface area contributed by atoms with E-state index >= 15 is 0 Å². The van der Waals surface area contributed by atoms with E-state index in [1.54, 1.807) is 25.1 Å². The van der Waals surface area contributed by atoms with Crippen molar-refractivity contribution >= 4 is 16.7 Å². The third-order valence-electron chi connectivity index (χ3n) is 3.81. The Morgan fingerprint density at radius 1 is 0.963 bits per heavy atom. The first kappa shape index (κ1) is 18.5. The number of esters is 1. The van der Waals surface area contributed by atoms with E-state index in [4.69, 9.17) is 9.47 Å². The highest BCUT2D eigenvalue weighted by Crippen LogP contribution is 2.26. The van der Waals surface area contributed by atoms with Crippen molar-refractivity contribution in [2.24, 2.45) is 0 Å². The zero-order valence-corrected chi connectivity index (χ0v) is 14.3. The quantitative estimate of drug-likeness (QED) is 0.340. The van der Waals surface area contributed by atoms with E-state index < -0.39 is 29.0 Å². The summed E-state index contributed by atoms with van der Waals surface area (Å²) in [4.78, 5) is 12.2. The van der Waals surface area contributed by atoms with Gasteiger partial charge in [0.1, 0.15) is 41.1 Å². The molecule has 0 aliphatic rings. The van der Waals surface area contributed by atoms with Crippen LogP contribution in [0, 0.1) is 17.5 Å². The first-order valence-electron chi connectivity index (χ1n) is 8.13. The number of halogens is 3. The number of allylic oxidation sites excluding steroid dienone is 1. The lowest BCUT2D eigenvalue weighted by Crippen LogP contribution is -2.13. The van der Waals surface area contributed by atoms with Crippen molar-refractivity contribution in [3.8, 4) is 11.5 Å². The molecular weight excluding hydrogens is 357 g/mol. The van der Waals surface area contributed by atoms with E-state index in [-0.39, 0.29) is 18.1 Å². The summed E-state index contributed by atoms with van der Waals surface area (Å²) >= 11 is 0. The SMILES string of the molecule is CC=CCOc1cc(F)c(C(=O)Oc2ccc3c(F)cccc3c2)c(F)c1. The molecule has 0 spiro atoms. The number of carbonyl (C=O) groups is 1. The van der Waals surface area contributed by atoms with Gasteiger partial charge < -0.3 is 9.47 Å². The minimum Gasteiger partial charge on any atom is -0.489 e. The maximum atomic E-state index is 14.2. The Morgan fingerprint density at radius 3 is 2.41 bits per heavy atom. The predicted molar refractivity (Wildman–Crippen MR) is 95.5 cm³/mol. The van der Waals surface area contributed by atoms with Crippen molar-refractivity contribution in [3.05, 3.63) is 83.7 Å². The average molecular weight is 372 g/mol. The molecule has 0 saturated carbocycles. The van der Waals surface area contributed by atoms with Gasteiger partial charge in [0.15, 0.2) is 0 Å². The molecule has 0 aliphatic heterocycles. The Bertz CT molecular complexity index is 1010. The van der Waals surface area contributed by atoms with Gasteiger partial charge in [-0.2, -0.15) is 0 Å². The first-order chi connectivity index (χ1) is 13.0. The van der Waals surface area contributed by atoms with Gasteiger partial charge in [0, 0.05) is 17.5 Å². The Balaban J connectivity index is 1.83. The Kier molecular flexibility index (Phi) is 5.45. The molecule has 0 radical (unpaired) electrons. The number of benzene rings is 3. The summed E-state index contributed by atoms with van der Waals surface area (Å²) in [5, 5.41) is 0.839. The second-order valence-electron chi connectivity index (χ2n) is 5.65. The van der Waals surface area contributed by atoms with Crippen LogP contribution in [0.15, 0.2) is 60.7 Å². The molecule has 3 aromatic carbocycles. The topological polar surface area (TPSA) is 35.5 Å². The molecule has 0 saturated heterocycles. The van der Waals surface area contributed by atoms with Crippen molar-refractivity contribution < 1.29 is 27.4 Å². The summed E-state index contributed by atoms with van der Waals surface area (Å²) in [5.74, 6) is -3.80. The highest BCUT2D eigenvalue weighted by Gasteiger charge is 2.21. The Morgan fingerprint density at radius 2 is 1.70 bits per heavy atom. The van der Waals surface area contributed by atoms with E-state index in [0.29, 0.717) is 10.8 Å². The van der Waals surface area contributed by atoms with Gasteiger partial charge >= 0.3 is 5.97 Å². The molecule has 0 atom stereocenters. The van der Waals surface area contributed by atoms with Crippen molar-refractivity contribution in [2.45, 2.75) is 6.92 Å². The predicted octanol–water partition coefficient (Wildman–Crippen LogP) is 5.43. The lowest BCUT2D eigenvalue weighted by Gasteiger charge is -2.09. The van der Waals surface area contributed by atoms with E-state index in [2.05, 4.69) is 0 Å². The van der Waals surface area contributed by atoms with Gasteiger partial charge in [-0.15, -0.1) is 0 Å². The van der Waals surface area contributed by atoms with Crippen LogP contribution in [0.2, 0.25) is 0 Å². The molecular formula is C21H15F3O3. The van der Waals surface area contributed by atoms with Crippen molar-refractivity contribution in [2.75, 3.05) is 6.61 Å². The number of fused-ring (bicyclic) bond motifs is 1. The van der Waals surface area contributed by atoms with Crippen LogP contribution < -0.4 is 9.47 Å². The third-order valence-corrected chi connectivity index (χ3v) is 3.81. The van der Waals surface area contributed by atoms with Crippen molar-refractivity contribution in [1.82, 2.24) is 0 Å². The average Bonchev–Trinajstić information content (AvgIpc) is 2.61. The van der Waals surface area contributed by atoms with Crippen LogP contribution >= 0.6 is 0 Å². The molecule has 3 aromatic rings. The minimum absolute atomic E-state index is 0.0409. The normalized spacial score (nSPS) is 11.1. The minimum atomic E-state index is -1.19. The Hall–Kier alpha value is -3.28. The largest absolute Gasteiger partial charge is 0.489 e. The van der Waals surface area contributed by atoms with Crippen LogP contribution in [-0.2, 0) is 0 Å². The number of ether oxygens (including phenoxy) is 2. The standard InChI is InChI=1S/C21H15F3O3/c1-2-3-9-26-15-11-18(23)20(19(24)12-15)21(25)27-14-7-8-16-13(10-14)5-4-6-17(16)22/h2-8,10-12H,9H2,1H3. The highest BCUT2D eigenvalue weighted by molar-refractivity contribution is 5.93. The molecule has 0 N–H and O–H groups in total. The van der Waals surface area contributed by atoms with Gasteiger partial charge in [0.05, 0.1) is 0 Å². The third kappa shape index (κ3) is 4.11. The van der Waals surface area contributed by atoms with Crippen LogP contribution in [-0.4, -0.2) is 12.6 Å². The number of rotatable bonds is 5. The molecule has 3 rings (SSSR count). The second kappa shape index (κ2) is 7.95. The number of carbonyl (C=O) groups excluding carboxylic acids is 1. The maximum absolute atomic E-state index is 14.2. The fourth-order valence-electron chi connectivity index (χ4n) is 2.51. The Labute approximate surface area is 153 Å².